The monoisotopic (exact) mass is 404 g/mol. The summed E-state index contributed by atoms with van der Waals surface area (Å²) in [5, 5.41) is 12.5. The Bertz CT molecular complexity index is 889. The zero-order valence-electron chi connectivity index (χ0n) is 14.4. The van der Waals surface area contributed by atoms with Crippen molar-refractivity contribution in [3.05, 3.63) is 63.8 Å². The summed E-state index contributed by atoms with van der Waals surface area (Å²) in [6.45, 7) is 0. The van der Waals surface area contributed by atoms with Crippen molar-refractivity contribution in [2.75, 3.05) is 5.32 Å². The number of hydrogen-bond acceptors (Lipinski definition) is 3. The molecule has 0 unspecified atom stereocenters. The van der Waals surface area contributed by atoms with Crippen LogP contribution in [-0.4, -0.2) is 22.0 Å². The van der Waals surface area contributed by atoms with Gasteiger partial charge in [0.05, 0.1) is 15.6 Å². The molecule has 1 aromatic carbocycles. The Kier molecular flexibility index (Phi) is 6.14. The number of rotatable bonds is 5. The van der Waals surface area contributed by atoms with E-state index in [0.717, 1.165) is 25.7 Å². The van der Waals surface area contributed by atoms with E-state index in [4.69, 9.17) is 28.3 Å². The third-order valence-corrected chi connectivity index (χ3v) is 5.27. The summed E-state index contributed by atoms with van der Waals surface area (Å²) < 4.78 is 0. The molecule has 1 aliphatic rings. The van der Waals surface area contributed by atoms with Gasteiger partial charge in [0.25, 0.3) is 5.91 Å². The topological polar surface area (TPSA) is 79.3 Å². The third kappa shape index (κ3) is 4.87. The molecule has 1 amide bonds. The van der Waals surface area contributed by atoms with Crippen LogP contribution in [-0.2, 0) is 4.79 Å². The number of carbonyl (C=O) groups is 2. The number of carbonyl (C=O) groups excluding carboxylic acids is 1. The predicted octanol–water partition coefficient (Wildman–Crippen LogP) is 5.30. The minimum atomic E-state index is -1.07. The minimum absolute atomic E-state index is 0.0548. The number of halogens is 2. The summed E-state index contributed by atoms with van der Waals surface area (Å²) in [5.41, 5.74) is 1.24. The van der Waals surface area contributed by atoms with E-state index in [1.165, 1.54) is 18.3 Å². The van der Waals surface area contributed by atoms with Crippen LogP contribution >= 0.6 is 23.2 Å². The Morgan fingerprint density at radius 1 is 1.07 bits per heavy atom. The zero-order chi connectivity index (χ0) is 19.4. The number of nitrogens with zero attached hydrogens (tertiary/aromatic N) is 1. The van der Waals surface area contributed by atoms with Crippen molar-refractivity contribution >= 4 is 46.5 Å². The average molecular weight is 405 g/mol. The summed E-state index contributed by atoms with van der Waals surface area (Å²) in [6.07, 6.45) is 7.57. The van der Waals surface area contributed by atoms with Crippen molar-refractivity contribution < 1.29 is 14.7 Å². The number of allylic oxidation sites excluding steroid dienone is 1. The maximum Gasteiger partial charge on any atom is 0.337 e. The number of nitrogens with one attached hydrogen (secondary N) is 1. The minimum Gasteiger partial charge on any atom is -0.478 e. The van der Waals surface area contributed by atoms with Gasteiger partial charge in [0.15, 0.2) is 0 Å². The molecule has 0 aliphatic heterocycles. The van der Waals surface area contributed by atoms with Crippen LogP contribution in [0.5, 0.6) is 0 Å². The average Bonchev–Trinajstić information content (AvgIpc) is 3.16. The molecular formula is C20H18Cl2N2O3. The number of hydrogen-bond donors (Lipinski definition) is 2. The second-order valence-electron chi connectivity index (χ2n) is 6.45. The van der Waals surface area contributed by atoms with Gasteiger partial charge in [-0.05, 0) is 48.6 Å². The standard InChI is InChI=1S/C20H18Cl2N2O3/c21-16-7-5-13(10-17(16)22)15(9-12-3-1-2-4-12)19(25)24-18-8-6-14(11-23-18)20(26)27/h5-12H,1-4H2,(H,26,27)(H,23,24,25)/b15-9-. The van der Waals surface area contributed by atoms with Crippen molar-refractivity contribution in [1.82, 2.24) is 4.98 Å². The smallest absolute Gasteiger partial charge is 0.337 e. The highest BCUT2D eigenvalue weighted by Gasteiger charge is 2.19. The number of carboxylic acid groups (broad SMARTS) is 1. The first-order valence-corrected chi connectivity index (χ1v) is 9.37. The molecule has 1 heterocycles. The lowest BCUT2D eigenvalue weighted by Crippen LogP contribution is -2.16. The van der Waals surface area contributed by atoms with E-state index in [9.17, 15) is 9.59 Å². The van der Waals surface area contributed by atoms with Gasteiger partial charge in [0.2, 0.25) is 0 Å². The molecule has 0 radical (unpaired) electrons. The van der Waals surface area contributed by atoms with Crippen LogP contribution in [0.3, 0.4) is 0 Å². The summed E-state index contributed by atoms with van der Waals surface area (Å²) in [4.78, 5) is 27.8. The summed E-state index contributed by atoms with van der Waals surface area (Å²) in [6, 6.07) is 7.95. The number of aromatic nitrogens is 1. The van der Waals surface area contributed by atoms with E-state index >= 15 is 0 Å². The van der Waals surface area contributed by atoms with Gasteiger partial charge in [-0.3, -0.25) is 4.79 Å². The van der Waals surface area contributed by atoms with Crippen molar-refractivity contribution in [3.8, 4) is 0 Å². The fourth-order valence-electron chi connectivity index (χ4n) is 3.10. The van der Waals surface area contributed by atoms with Crippen LogP contribution in [0.4, 0.5) is 5.82 Å². The van der Waals surface area contributed by atoms with Crippen LogP contribution in [0.2, 0.25) is 10.0 Å². The zero-order valence-corrected chi connectivity index (χ0v) is 15.9. The molecular weight excluding hydrogens is 387 g/mol. The Hall–Kier alpha value is -2.37. The van der Waals surface area contributed by atoms with E-state index in [1.807, 2.05) is 6.08 Å². The summed E-state index contributed by atoms with van der Waals surface area (Å²) in [5.74, 6) is -0.779. The predicted molar refractivity (Wildman–Crippen MR) is 106 cm³/mol. The van der Waals surface area contributed by atoms with E-state index in [2.05, 4.69) is 10.3 Å². The van der Waals surface area contributed by atoms with Crippen molar-refractivity contribution in [2.45, 2.75) is 25.7 Å². The van der Waals surface area contributed by atoms with Crippen LogP contribution in [0.15, 0.2) is 42.6 Å². The number of benzene rings is 1. The number of amides is 1. The van der Waals surface area contributed by atoms with Crippen LogP contribution in [0.25, 0.3) is 5.57 Å². The molecule has 1 fully saturated rings. The van der Waals surface area contributed by atoms with Crippen molar-refractivity contribution in [2.24, 2.45) is 5.92 Å². The molecule has 0 bridgehead atoms. The third-order valence-electron chi connectivity index (χ3n) is 4.53. The lowest BCUT2D eigenvalue weighted by atomic mass is 9.98. The highest BCUT2D eigenvalue weighted by molar-refractivity contribution is 6.42. The van der Waals surface area contributed by atoms with Crippen molar-refractivity contribution in [3.63, 3.8) is 0 Å². The molecule has 1 saturated carbocycles. The van der Waals surface area contributed by atoms with E-state index in [1.54, 1.807) is 18.2 Å². The first kappa shape index (κ1) is 19.4. The Balaban J connectivity index is 1.88. The Labute approximate surface area is 167 Å². The van der Waals surface area contributed by atoms with Crippen LogP contribution < -0.4 is 5.32 Å². The molecule has 3 rings (SSSR count). The largest absolute Gasteiger partial charge is 0.478 e. The SMILES string of the molecule is O=C(Nc1ccc(C(=O)O)cn1)/C(=C\C1CCCC1)c1ccc(Cl)c(Cl)c1. The molecule has 27 heavy (non-hydrogen) atoms. The van der Waals surface area contributed by atoms with Gasteiger partial charge in [-0.1, -0.05) is 48.2 Å². The maximum atomic E-state index is 12.9. The second-order valence-corrected chi connectivity index (χ2v) is 7.26. The molecule has 1 aromatic heterocycles. The molecule has 7 heteroatoms. The second kappa shape index (κ2) is 8.55. The Morgan fingerprint density at radius 3 is 2.37 bits per heavy atom. The van der Waals surface area contributed by atoms with Gasteiger partial charge in [-0.15, -0.1) is 0 Å². The first-order chi connectivity index (χ1) is 12.9. The van der Waals surface area contributed by atoms with Gasteiger partial charge in [0.1, 0.15) is 5.82 Å². The number of carboxylic acids is 1. The first-order valence-electron chi connectivity index (χ1n) is 8.62. The fraction of sp³-hybridized carbons (Fsp3) is 0.250. The van der Waals surface area contributed by atoms with Gasteiger partial charge in [-0.2, -0.15) is 0 Å². The van der Waals surface area contributed by atoms with Gasteiger partial charge < -0.3 is 10.4 Å². The molecule has 2 aromatic rings. The van der Waals surface area contributed by atoms with E-state index in [-0.39, 0.29) is 17.3 Å². The highest BCUT2D eigenvalue weighted by atomic mass is 35.5. The summed E-state index contributed by atoms with van der Waals surface area (Å²) >= 11 is 12.1. The molecule has 0 atom stereocenters. The number of aromatic carboxylic acids is 1. The van der Waals surface area contributed by atoms with Crippen LogP contribution in [0.1, 0.15) is 41.6 Å². The van der Waals surface area contributed by atoms with Gasteiger partial charge in [-0.25, -0.2) is 9.78 Å². The lowest BCUT2D eigenvalue weighted by Gasteiger charge is -2.12. The molecule has 0 saturated heterocycles. The Morgan fingerprint density at radius 2 is 1.78 bits per heavy atom. The maximum absolute atomic E-state index is 12.9. The quantitative estimate of drug-likeness (QED) is 0.662. The van der Waals surface area contributed by atoms with Crippen molar-refractivity contribution in [1.29, 1.82) is 0 Å². The molecule has 5 nitrogen and oxygen atoms in total. The fourth-order valence-corrected chi connectivity index (χ4v) is 3.40. The number of anilines is 1. The normalized spacial score (nSPS) is 15.0. The highest BCUT2D eigenvalue weighted by Crippen LogP contribution is 2.32. The molecule has 140 valence electrons. The number of pyridine rings is 1. The van der Waals surface area contributed by atoms with Crippen LogP contribution in [0, 0.1) is 5.92 Å². The summed E-state index contributed by atoms with van der Waals surface area (Å²) in [7, 11) is 0. The molecule has 1 aliphatic carbocycles. The molecule has 0 spiro atoms. The van der Waals surface area contributed by atoms with Gasteiger partial charge in [0, 0.05) is 11.8 Å². The van der Waals surface area contributed by atoms with Gasteiger partial charge >= 0.3 is 5.97 Å². The molecule has 2 N–H and O–H groups in total. The van der Waals surface area contributed by atoms with E-state index in [0.29, 0.717) is 27.1 Å². The lowest BCUT2D eigenvalue weighted by molar-refractivity contribution is -0.111. The van der Waals surface area contributed by atoms with E-state index < -0.39 is 5.97 Å².